The highest BCUT2D eigenvalue weighted by Gasteiger charge is 2.26. The molecule has 1 aromatic heterocycles. The molecule has 1 aromatic carbocycles. The summed E-state index contributed by atoms with van der Waals surface area (Å²) < 4.78 is 10.8. The van der Waals surface area contributed by atoms with E-state index < -0.39 is 0 Å². The van der Waals surface area contributed by atoms with Crippen LogP contribution in [0.25, 0.3) is 10.9 Å². The summed E-state index contributed by atoms with van der Waals surface area (Å²) in [6.45, 7) is 8.63. The van der Waals surface area contributed by atoms with Crippen molar-refractivity contribution in [2.75, 3.05) is 26.9 Å². The number of nitrogens with one attached hydrogen (secondary N) is 1. The minimum atomic E-state index is -0.0297. The monoisotopic (exact) mass is 275 g/mol. The van der Waals surface area contributed by atoms with Gasteiger partial charge in [0.25, 0.3) is 0 Å². The number of H-pyrrole nitrogens is 1. The van der Waals surface area contributed by atoms with Gasteiger partial charge in [-0.3, -0.25) is 0 Å². The van der Waals surface area contributed by atoms with Crippen LogP contribution in [0.15, 0.2) is 24.3 Å². The van der Waals surface area contributed by atoms with Crippen LogP contribution >= 0.6 is 0 Å². The van der Waals surface area contributed by atoms with E-state index in [0.29, 0.717) is 19.8 Å². The minimum Gasteiger partial charge on any atom is -0.382 e. The van der Waals surface area contributed by atoms with E-state index in [1.54, 1.807) is 7.11 Å². The molecule has 3 heteroatoms. The van der Waals surface area contributed by atoms with Crippen molar-refractivity contribution >= 4 is 10.9 Å². The molecule has 0 aliphatic rings. The lowest BCUT2D eigenvalue weighted by atomic mass is 9.86. The Morgan fingerprint density at radius 1 is 1.15 bits per heavy atom. The molecule has 2 aromatic rings. The van der Waals surface area contributed by atoms with E-state index in [9.17, 15) is 0 Å². The van der Waals surface area contributed by atoms with Crippen LogP contribution in [0.4, 0.5) is 0 Å². The number of fused-ring (bicyclic) bond motifs is 1. The van der Waals surface area contributed by atoms with Gasteiger partial charge in [-0.15, -0.1) is 0 Å². The van der Waals surface area contributed by atoms with Gasteiger partial charge in [-0.05, 0) is 18.1 Å². The highest BCUT2D eigenvalue weighted by Crippen LogP contribution is 2.32. The highest BCUT2D eigenvalue weighted by atomic mass is 16.5. The van der Waals surface area contributed by atoms with E-state index in [4.69, 9.17) is 9.47 Å². The lowest BCUT2D eigenvalue weighted by Gasteiger charge is -2.25. The first-order chi connectivity index (χ1) is 9.60. The van der Waals surface area contributed by atoms with Crippen molar-refractivity contribution in [2.45, 2.75) is 32.6 Å². The number of methoxy groups -OCH3 is 1. The van der Waals surface area contributed by atoms with Crippen molar-refractivity contribution in [1.82, 2.24) is 4.98 Å². The molecule has 0 saturated carbocycles. The third kappa shape index (κ3) is 3.05. The van der Waals surface area contributed by atoms with E-state index in [1.165, 1.54) is 22.2 Å². The first kappa shape index (κ1) is 15.1. The van der Waals surface area contributed by atoms with Crippen molar-refractivity contribution in [2.24, 2.45) is 0 Å². The summed E-state index contributed by atoms with van der Waals surface area (Å²) >= 11 is 0. The molecule has 1 N–H and O–H groups in total. The molecule has 3 nitrogen and oxygen atoms in total. The number of aromatic nitrogens is 1. The topological polar surface area (TPSA) is 34.2 Å². The molecular formula is C17H25NO2. The van der Waals surface area contributed by atoms with Crippen LogP contribution in [0, 0.1) is 0 Å². The molecule has 0 saturated heterocycles. The van der Waals surface area contributed by atoms with Crippen LogP contribution in [0.2, 0.25) is 0 Å². The number of rotatable bonds is 7. The first-order valence-electron chi connectivity index (χ1n) is 7.27. The Kier molecular flexibility index (Phi) is 4.84. The molecule has 110 valence electrons. The second-order valence-electron chi connectivity index (χ2n) is 5.81. The Morgan fingerprint density at radius 2 is 1.90 bits per heavy atom. The summed E-state index contributed by atoms with van der Waals surface area (Å²) in [5.74, 6) is 0. The minimum absolute atomic E-state index is 0.0297. The number of hydrogen-bond acceptors (Lipinski definition) is 2. The lowest BCUT2D eigenvalue weighted by molar-refractivity contribution is 0.0476. The lowest BCUT2D eigenvalue weighted by Crippen LogP contribution is -2.27. The fraction of sp³-hybridized carbons (Fsp3) is 0.529. The quantitative estimate of drug-likeness (QED) is 0.782. The summed E-state index contributed by atoms with van der Waals surface area (Å²) in [6, 6.07) is 8.50. The van der Waals surface area contributed by atoms with Crippen LogP contribution in [-0.4, -0.2) is 31.9 Å². The van der Waals surface area contributed by atoms with E-state index in [0.717, 1.165) is 6.42 Å². The van der Waals surface area contributed by atoms with Crippen LogP contribution in [0.5, 0.6) is 0 Å². The van der Waals surface area contributed by atoms with Crippen molar-refractivity contribution in [1.29, 1.82) is 0 Å². The van der Waals surface area contributed by atoms with Crippen molar-refractivity contribution in [3.05, 3.63) is 35.5 Å². The molecule has 20 heavy (non-hydrogen) atoms. The third-order valence-corrected chi connectivity index (χ3v) is 3.74. The van der Waals surface area contributed by atoms with Crippen molar-refractivity contribution in [3.8, 4) is 0 Å². The molecule has 0 radical (unpaired) electrons. The van der Waals surface area contributed by atoms with Gasteiger partial charge in [0.05, 0.1) is 19.8 Å². The van der Waals surface area contributed by atoms with Gasteiger partial charge in [-0.25, -0.2) is 0 Å². The summed E-state index contributed by atoms with van der Waals surface area (Å²) in [6.07, 6.45) is 1.03. The first-order valence-corrected chi connectivity index (χ1v) is 7.27. The van der Waals surface area contributed by atoms with E-state index in [2.05, 4.69) is 50.0 Å². The van der Waals surface area contributed by atoms with Gasteiger partial charge in [-0.2, -0.15) is 0 Å². The maximum atomic E-state index is 5.74. The zero-order valence-corrected chi connectivity index (χ0v) is 13.0. The number of aromatic amines is 1. The van der Waals surface area contributed by atoms with Crippen LogP contribution < -0.4 is 0 Å². The van der Waals surface area contributed by atoms with Gasteiger partial charge in [0.15, 0.2) is 0 Å². The van der Waals surface area contributed by atoms with Gasteiger partial charge < -0.3 is 14.5 Å². The molecule has 0 fully saturated rings. The molecule has 0 aliphatic carbocycles. The number of ether oxygens (including phenoxy) is 2. The fourth-order valence-corrected chi connectivity index (χ4v) is 2.69. The van der Waals surface area contributed by atoms with Crippen LogP contribution in [-0.2, 0) is 21.3 Å². The normalized spacial score (nSPS) is 12.2. The summed E-state index contributed by atoms with van der Waals surface area (Å²) in [7, 11) is 1.70. The van der Waals surface area contributed by atoms with E-state index in [-0.39, 0.29) is 5.41 Å². The highest BCUT2D eigenvalue weighted by molar-refractivity contribution is 5.85. The maximum absolute atomic E-state index is 5.74. The summed E-state index contributed by atoms with van der Waals surface area (Å²) in [4.78, 5) is 3.59. The molecule has 0 aliphatic heterocycles. The molecule has 0 unspecified atom stereocenters. The zero-order valence-electron chi connectivity index (χ0n) is 13.0. The largest absolute Gasteiger partial charge is 0.382 e. The number of aryl methyl sites for hydroxylation is 1. The Hall–Kier alpha value is -1.32. The van der Waals surface area contributed by atoms with Crippen molar-refractivity contribution in [3.63, 3.8) is 0 Å². The zero-order chi connectivity index (χ0) is 14.6. The summed E-state index contributed by atoms with van der Waals surface area (Å²) in [5.41, 5.74) is 3.88. The van der Waals surface area contributed by atoms with Gasteiger partial charge >= 0.3 is 0 Å². The Labute approximate surface area is 121 Å². The van der Waals surface area contributed by atoms with Gasteiger partial charge in [0.1, 0.15) is 0 Å². The predicted octanol–water partition coefficient (Wildman–Crippen LogP) is 3.67. The number of hydrogen-bond donors (Lipinski definition) is 1. The van der Waals surface area contributed by atoms with Crippen molar-refractivity contribution < 1.29 is 9.47 Å². The van der Waals surface area contributed by atoms with Gasteiger partial charge in [-0.1, -0.05) is 39.0 Å². The standard InChI is InChI=1S/C17H25NO2/c1-5-13-14-8-6-7-9-15(14)18-16(13)17(2,3)12-20-11-10-19-4/h6-9,18H,5,10-12H2,1-4H3. The molecule has 1 heterocycles. The molecule has 2 rings (SSSR count). The van der Waals surface area contributed by atoms with Crippen LogP contribution in [0.1, 0.15) is 32.0 Å². The Morgan fingerprint density at radius 3 is 2.60 bits per heavy atom. The SMILES string of the molecule is CCc1c(C(C)(C)COCCOC)[nH]c2ccccc12. The molecule has 0 bridgehead atoms. The third-order valence-electron chi connectivity index (χ3n) is 3.74. The Bertz CT molecular complexity index is 557. The summed E-state index contributed by atoms with van der Waals surface area (Å²) in [5, 5.41) is 1.33. The molecular weight excluding hydrogens is 250 g/mol. The maximum Gasteiger partial charge on any atom is 0.0700 e. The number of benzene rings is 1. The van der Waals surface area contributed by atoms with E-state index >= 15 is 0 Å². The van der Waals surface area contributed by atoms with E-state index in [1.807, 2.05) is 0 Å². The molecule has 0 amide bonds. The molecule has 0 atom stereocenters. The number of para-hydroxylation sites is 1. The van der Waals surface area contributed by atoms with Gasteiger partial charge in [0, 0.05) is 29.1 Å². The average Bonchev–Trinajstić information content (AvgIpc) is 2.83. The van der Waals surface area contributed by atoms with Crippen LogP contribution in [0.3, 0.4) is 0 Å². The smallest absolute Gasteiger partial charge is 0.0700 e. The molecule has 0 spiro atoms. The Balaban J connectivity index is 2.26. The second kappa shape index (κ2) is 6.42. The average molecular weight is 275 g/mol. The predicted molar refractivity (Wildman–Crippen MR) is 83.4 cm³/mol. The van der Waals surface area contributed by atoms with Gasteiger partial charge in [0.2, 0.25) is 0 Å². The fourth-order valence-electron chi connectivity index (χ4n) is 2.69. The second-order valence-corrected chi connectivity index (χ2v) is 5.81.